The number of carbonyl (C=O) groups is 1. The van der Waals surface area contributed by atoms with E-state index in [-0.39, 0.29) is 0 Å². The molecule has 1 aromatic carbocycles. The second-order valence-electron chi connectivity index (χ2n) is 2.97. The summed E-state index contributed by atoms with van der Waals surface area (Å²) in [5, 5.41) is 1.70. The summed E-state index contributed by atoms with van der Waals surface area (Å²) in [6.07, 6.45) is 0.823. The van der Waals surface area contributed by atoms with Gasteiger partial charge in [-0.05, 0) is 30.7 Å². The lowest BCUT2D eigenvalue weighted by Gasteiger charge is -1.91. The average molecular weight is 194 g/mol. The number of halogens is 1. The molecule has 2 aromatic rings. The number of hydrogen-bond donors (Lipinski definition) is 1. The van der Waals surface area contributed by atoms with E-state index in [4.69, 9.17) is 11.6 Å². The largest absolute Gasteiger partial charge is 0.352 e. The zero-order valence-corrected chi connectivity index (χ0v) is 7.85. The summed E-state index contributed by atoms with van der Waals surface area (Å²) in [7, 11) is 0. The van der Waals surface area contributed by atoms with Crippen molar-refractivity contribution in [2.24, 2.45) is 0 Å². The number of nitrogens with one attached hydrogen (secondary N) is 1. The van der Waals surface area contributed by atoms with E-state index in [1.807, 2.05) is 19.1 Å². The third-order valence-corrected chi connectivity index (χ3v) is 2.41. The standard InChI is InChI=1S/C10H8ClNO/c1-6-8-4-7(11)2-3-9(8)12-10(6)5-13/h2-5,12H,1H3. The lowest BCUT2D eigenvalue weighted by atomic mass is 10.1. The quantitative estimate of drug-likeness (QED) is 0.694. The number of H-pyrrole nitrogens is 1. The second kappa shape index (κ2) is 2.89. The molecule has 0 spiro atoms. The molecule has 0 aliphatic heterocycles. The number of aromatic nitrogens is 1. The van der Waals surface area contributed by atoms with Crippen LogP contribution in [0.25, 0.3) is 10.9 Å². The number of fused-ring (bicyclic) bond motifs is 1. The Morgan fingerprint density at radius 3 is 2.92 bits per heavy atom. The molecule has 1 N–H and O–H groups in total. The van der Waals surface area contributed by atoms with E-state index in [9.17, 15) is 4.79 Å². The monoisotopic (exact) mass is 193 g/mol. The molecule has 1 aromatic heterocycles. The average Bonchev–Trinajstić information content (AvgIpc) is 2.44. The van der Waals surface area contributed by atoms with Gasteiger partial charge in [0.25, 0.3) is 0 Å². The molecule has 0 saturated heterocycles. The van der Waals surface area contributed by atoms with Gasteiger partial charge in [0.05, 0.1) is 5.69 Å². The van der Waals surface area contributed by atoms with Crippen LogP contribution >= 0.6 is 11.6 Å². The molecule has 0 aliphatic carbocycles. The zero-order valence-electron chi connectivity index (χ0n) is 7.10. The van der Waals surface area contributed by atoms with Crippen LogP contribution < -0.4 is 0 Å². The number of aromatic amines is 1. The minimum absolute atomic E-state index is 0.622. The minimum atomic E-state index is 0.622. The van der Waals surface area contributed by atoms with Crippen molar-refractivity contribution in [2.75, 3.05) is 0 Å². The molecule has 2 rings (SSSR count). The molecule has 13 heavy (non-hydrogen) atoms. The van der Waals surface area contributed by atoms with Gasteiger partial charge in [-0.25, -0.2) is 0 Å². The number of rotatable bonds is 1. The molecule has 2 nitrogen and oxygen atoms in total. The molecule has 0 saturated carbocycles. The van der Waals surface area contributed by atoms with Crippen LogP contribution in [0, 0.1) is 6.92 Å². The Labute approximate surface area is 80.5 Å². The molecule has 0 amide bonds. The number of hydrogen-bond acceptors (Lipinski definition) is 1. The van der Waals surface area contributed by atoms with Gasteiger partial charge in [0, 0.05) is 15.9 Å². The van der Waals surface area contributed by atoms with E-state index in [1.54, 1.807) is 6.07 Å². The van der Waals surface area contributed by atoms with Crippen molar-refractivity contribution in [3.05, 3.63) is 34.5 Å². The van der Waals surface area contributed by atoms with Crippen molar-refractivity contribution >= 4 is 28.8 Å². The van der Waals surface area contributed by atoms with E-state index in [2.05, 4.69) is 4.98 Å². The molecule has 0 bridgehead atoms. The second-order valence-corrected chi connectivity index (χ2v) is 3.41. The van der Waals surface area contributed by atoms with Crippen LogP contribution in [0.2, 0.25) is 5.02 Å². The fourth-order valence-corrected chi connectivity index (χ4v) is 1.61. The van der Waals surface area contributed by atoms with Crippen LogP contribution in [-0.2, 0) is 0 Å². The van der Waals surface area contributed by atoms with Crippen molar-refractivity contribution in [2.45, 2.75) is 6.92 Å². The first-order valence-electron chi connectivity index (χ1n) is 3.95. The Bertz CT molecular complexity index is 473. The molecule has 1 heterocycles. The Morgan fingerprint density at radius 2 is 2.23 bits per heavy atom. The van der Waals surface area contributed by atoms with Crippen LogP contribution in [0.4, 0.5) is 0 Å². The van der Waals surface area contributed by atoms with Gasteiger partial charge in [-0.1, -0.05) is 11.6 Å². The summed E-state index contributed by atoms with van der Waals surface area (Å²) in [5.41, 5.74) is 2.52. The molecule has 0 atom stereocenters. The zero-order chi connectivity index (χ0) is 9.42. The number of aryl methyl sites for hydroxylation is 1. The van der Waals surface area contributed by atoms with E-state index in [0.29, 0.717) is 10.7 Å². The number of aldehydes is 1. The Kier molecular flexibility index (Phi) is 1.85. The molecular formula is C10H8ClNO. The van der Waals surface area contributed by atoms with Crippen molar-refractivity contribution in [3.63, 3.8) is 0 Å². The van der Waals surface area contributed by atoms with Crippen molar-refractivity contribution < 1.29 is 4.79 Å². The fraction of sp³-hybridized carbons (Fsp3) is 0.100. The normalized spacial score (nSPS) is 10.6. The van der Waals surface area contributed by atoms with Crippen molar-refractivity contribution in [1.29, 1.82) is 0 Å². The van der Waals surface area contributed by atoms with Crippen LogP contribution in [-0.4, -0.2) is 11.3 Å². The molecule has 0 unspecified atom stereocenters. The highest BCUT2D eigenvalue weighted by Gasteiger charge is 2.06. The summed E-state index contributed by atoms with van der Waals surface area (Å²) < 4.78 is 0. The Balaban J connectivity index is 2.84. The predicted molar refractivity (Wildman–Crippen MR) is 53.4 cm³/mol. The van der Waals surface area contributed by atoms with Crippen LogP contribution in [0.15, 0.2) is 18.2 Å². The van der Waals surface area contributed by atoms with Gasteiger partial charge in [0.2, 0.25) is 0 Å². The van der Waals surface area contributed by atoms with E-state index in [1.165, 1.54) is 0 Å². The first-order valence-corrected chi connectivity index (χ1v) is 4.33. The highest BCUT2D eigenvalue weighted by Crippen LogP contribution is 2.23. The topological polar surface area (TPSA) is 32.9 Å². The Hall–Kier alpha value is -1.28. The van der Waals surface area contributed by atoms with Gasteiger partial charge in [-0.3, -0.25) is 4.79 Å². The SMILES string of the molecule is Cc1c(C=O)[nH]c2ccc(Cl)cc12. The maximum absolute atomic E-state index is 10.6. The third kappa shape index (κ3) is 1.23. The van der Waals surface area contributed by atoms with Gasteiger partial charge in [0.15, 0.2) is 6.29 Å². The van der Waals surface area contributed by atoms with E-state index >= 15 is 0 Å². The lowest BCUT2D eigenvalue weighted by molar-refractivity contribution is 0.111. The van der Waals surface area contributed by atoms with Gasteiger partial charge < -0.3 is 4.98 Å². The molecule has 3 heteroatoms. The number of benzene rings is 1. The molecule has 66 valence electrons. The highest BCUT2D eigenvalue weighted by molar-refractivity contribution is 6.31. The van der Waals surface area contributed by atoms with Gasteiger partial charge in [-0.15, -0.1) is 0 Å². The molecule has 0 radical (unpaired) electrons. The summed E-state index contributed by atoms with van der Waals surface area (Å²) in [6.45, 7) is 1.90. The molecule has 0 aliphatic rings. The van der Waals surface area contributed by atoms with Gasteiger partial charge in [-0.2, -0.15) is 0 Å². The smallest absolute Gasteiger partial charge is 0.166 e. The van der Waals surface area contributed by atoms with E-state index in [0.717, 1.165) is 22.8 Å². The summed E-state index contributed by atoms with van der Waals surface area (Å²) in [4.78, 5) is 13.6. The first kappa shape index (κ1) is 8.32. The lowest BCUT2D eigenvalue weighted by Crippen LogP contribution is -1.80. The molecular weight excluding hydrogens is 186 g/mol. The maximum atomic E-state index is 10.6. The number of carbonyl (C=O) groups excluding carboxylic acids is 1. The van der Waals surface area contributed by atoms with E-state index < -0.39 is 0 Å². The van der Waals surface area contributed by atoms with Gasteiger partial charge in [0.1, 0.15) is 0 Å². The minimum Gasteiger partial charge on any atom is -0.352 e. The highest BCUT2D eigenvalue weighted by atomic mass is 35.5. The van der Waals surface area contributed by atoms with Crippen molar-refractivity contribution in [1.82, 2.24) is 4.98 Å². The first-order chi connectivity index (χ1) is 6.22. The maximum Gasteiger partial charge on any atom is 0.166 e. The fourth-order valence-electron chi connectivity index (χ4n) is 1.44. The van der Waals surface area contributed by atoms with Crippen LogP contribution in [0.5, 0.6) is 0 Å². The Morgan fingerprint density at radius 1 is 1.46 bits per heavy atom. The summed E-state index contributed by atoms with van der Waals surface area (Å²) >= 11 is 5.84. The van der Waals surface area contributed by atoms with Crippen LogP contribution in [0.3, 0.4) is 0 Å². The van der Waals surface area contributed by atoms with Crippen molar-refractivity contribution in [3.8, 4) is 0 Å². The predicted octanol–water partition coefficient (Wildman–Crippen LogP) is 2.94. The van der Waals surface area contributed by atoms with Gasteiger partial charge >= 0.3 is 0 Å². The van der Waals surface area contributed by atoms with Crippen LogP contribution in [0.1, 0.15) is 16.1 Å². The third-order valence-electron chi connectivity index (χ3n) is 2.18. The summed E-state index contributed by atoms with van der Waals surface area (Å²) in [5.74, 6) is 0. The summed E-state index contributed by atoms with van der Waals surface area (Å²) in [6, 6.07) is 5.53. The molecule has 0 fully saturated rings.